The summed E-state index contributed by atoms with van der Waals surface area (Å²) in [7, 11) is 0. The van der Waals surface area contributed by atoms with Gasteiger partial charge in [-0.15, -0.1) is 0 Å². The van der Waals surface area contributed by atoms with E-state index in [1.54, 1.807) is 0 Å². The quantitative estimate of drug-likeness (QED) is 0.292. The Bertz CT molecular complexity index is 15.8. The molecule has 16 valence electrons. The molecule has 0 aliphatic carbocycles. The van der Waals surface area contributed by atoms with Crippen LogP contribution in [0.4, 0.5) is 0 Å². The van der Waals surface area contributed by atoms with Crippen molar-refractivity contribution in [1.29, 1.82) is 0 Å². The van der Waals surface area contributed by atoms with Gasteiger partial charge in [0.2, 0.25) is 0 Å². The van der Waals surface area contributed by atoms with Crippen LogP contribution in [-0.4, -0.2) is 5.48 Å². The zero-order valence-electron chi connectivity index (χ0n) is 8.50. The van der Waals surface area contributed by atoms with Crippen molar-refractivity contribution >= 4 is 0 Å². The third-order valence-corrected chi connectivity index (χ3v) is 0. The maximum Gasteiger partial charge on any atom is 1.00 e. The molecule has 0 aliphatic rings. The van der Waals surface area contributed by atoms with Crippen LogP contribution in [0.5, 0.6) is 0 Å². The van der Waals surface area contributed by atoms with Crippen molar-refractivity contribution in [3.05, 3.63) is 0 Å². The molecule has 0 rings (SSSR count). The van der Waals surface area contributed by atoms with Crippen LogP contribution in [0.3, 0.4) is 0 Å². The predicted octanol–water partition coefficient (Wildman–Crippen LogP) is -12.4. The van der Waals surface area contributed by atoms with E-state index in [2.05, 4.69) is 0 Å². The molecular formula is H6KNa3O. The molecular weight excluding hydrogens is 124 g/mol. The van der Waals surface area contributed by atoms with Crippen molar-refractivity contribution in [3.63, 3.8) is 0 Å². The number of hydrogen-bond donors (Lipinski definition) is 0. The molecule has 0 unspecified atom stereocenters. The van der Waals surface area contributed by atoms with E-state index in [4.69, 9.17) is 0 Å². The van der Waals surface area contributed by atoms with E-state index in [-0.39, 0.29) is 151 Å². The molecule has 5 heteroatoms. The Kier molecular flexibility index (Phi) is 158. The van der Waals surface area contributed by atoms with Gasteiger partial charge >= 0.3 is 140 Å². The van der Waals surface area contributed by atoms with Crippen LogP contribution in [0.1, 0.15) is 5.71 Å². The van der Waals surface area contributed by atoms with E-state index < -0.39 is 0 Å². The summed E-state index contributed by atoms with van der Waals surface area (Å²) >= 11 is 0. The maximum absolute atomic E-state index is 0. The second kappa shape index (κ2) is 23.5. The maximum atomic E-state index is 0. The Morgan fingerprint density at radius 1 is 0.800 bits per heavy atom. The molecule has 0 aromatic rings. The SMILES string of the molecule is O.[H-].[H-].[H-].[H-].[K+].[Na+].[Na+].[Na+]. The van der Waals surface area contributed by atoms with Crippen LogP contribution in [0.2, 0.25) is 0 Å². The van der Waals surface area contributed by atoms with Crippen molar-refractivity contribution < 1.29 is 151 Å². The minimum Gasteiger partial charge on any atom is -1.00 e. The molecule has 0 atom stereocenters. The molecule has 2 N–H and O–H groups in total. The summed E-state index contributed by atoms with van der Waals surface area (Å²) < 4.78 is 0. The largest absolute Gasteiger partial charge is 1.00 e. The average molecular weight is 130 g/mol. The summed E-state index contributed by atoms with van der Waals surface area (Å²) in [4.78, 5) is 0. The van der Waals surface area contributed by atoms with E-state index in [0.29, 0.717) is 0 Å². The fraction of sp³-hybridized carbons (Fsp3) is 0. The van der Waals surface area contributed by atoms with Crippen molar-refractivity contribution in [3.8, 4) is 0 Å². The Morgan fingerprint density at radius 2 is 0.800 bits per heavy atom. The minimum atomic E-state index is 0. The van der Waals surface area contributed by atoms with Crippen molar-refractivity contribution in [2.45, 2.75) is 0 Å². The van der Waals surface area contributed by atoms with Gasteiger partial charge in [0.1, 0.15) is 0 Å². The Labute approximate surface area is 147 Å². The van der Waals surface area contributed by atoms with E-state index in [1.807, 2.05) is 0 Å². The molecule has 0 aromatic carbocycles. The summed E-state index contributed by atoms with van der Waals surface area (Å²) in [6.45, 7) is 0. The van der Waals surface area contributed by atoms with Crippen molar-refractivity contribution in [1.82, 2.24) is 0 Å². The first-order valence-corrected chi connectivity index (χ1v) is 0. The summed E-state index contributed by atoms with van der Waals surface area (Å²) in [5, 5.41) is 0. The summed E-state index contributed by atoms with van der Waals surface area (Å²) in [6.07, 6.45) is 0. The molecule has 0 amide bonds. The van der Waals surface area contributed by atoms with Gasteiger partial charge in [0, 0.05) is 0 Å². The number of hydrogen-bond acceptors (Lipinski definition) is 0. The first-order valence-electron chi connectivity index (χ1n) is 0. The summed E-state index contributed by atoms with van der Waals surface area (Å²) in [5.74, 6) is 0. The van der Waals surface area contributed by atoms with Crippen LogP contribution in [-0.2, 0) is 0 Å². The minimum absolute atomic E-state index is 0. The fourth-order valence-corrected chi connectivity index (χ4v) is 0. The van der Waals surface area contributed by atoms with Crippen LogP contribution in [0.15, 0.2) is 0 Å². The molecule has 0 aromatic heterocycles. The molecule has 0 radical (unpaired) electrons. The topological polar surface area (TPSA) is 31.5 Å². The second-order valence-electron chi connectivity index (χ2n) is 0. The molecule has 5 heavy (non-hydrogen) atoms. The zero-order valence-corrected chi connectivity index (χ0v) is 13.6. The van der Waals surface area contributed by atoms with Gasteiger partial charge in [-0.2, -0.15) is 0 Å². The molecule has 0 bridgehead atoms. The van der Waals surface area contributed by atoms with Gasteiger partial charge in [-0.1, -0.05) is 0 Å². The second-order valence-corrected chi connectivity index (χ2v) is 0. The molecule has 0 fully saturated rings. The molecule has 0 heterocycles. The number of rotatable bonds is 0. The van der Waals surface area contributed by atoms with Gasteiger partial charge in [-0.25, -0.2) is 0 Å². The first kappa shape index (κ1) is 33.6. The molecule has 0 spiro atoms. The molecule has 0 saturated carbocycles. The van der Waals surface area contributed by atoms with Gasteiger partial charge in [-0.05, 0) is 0 Å². The Hall–Kier alpha value is 4.60. The van der Waals surface area contributed by atoms with E-state index in [0.717, 1.165) is 0 Å². The Balaban J connectivity index is 0. The molecule has 1 nitrogen and oxygen atoms in total. The van der Waals surface area contributed by atoms with Crippen LogP contribution in [0, 0.1) is 0 Å². The van der Waals surface area contributed by atoms with Gasteiger partial charge < -0.3 is 11.2 Å². The van der Waals surface area contributed by atoms with Gasteiger partial charge in [0.25, 0.3) is 0 Å². The third-order valence-electron chi connectivity index (χ3n) is 0. The average Bonchev–Trinajstić information content (AvgIpc) is 0. The summed E-state index contributed by atoms with van der Waals surface area (Å²) in [5.41, 5.74) is 0. The van der Waals surface area contributed by atoms with Crippen LogP contribution >= 0.6 is 0 Å². The summed E-state index contributed by atoms with van der Waals surface area (Å²) in [6, 6.07) is 0. The van der Waals surface area contributed by atoms with Gasteiger partial charge in [0.05, 0.1) is 0 Å². The van der Waals surface area contributed by atoms with E-state index in [1.165, 1.54) is 0 Å². The van der Waals surface area contributed by atoms with Crippen molar-refractivity contribution in [2.75, 3.05) is 0 Å². The van der Waals surface area contributed by atoms with Crippen molar-refractivity contribution in [2.24, 2.45) is 0 Å². The predicted molar refractivity (Wildman–Crippen MR) is 8.06 cm³/mol. The van der Waals surface area contributed by atoms with Gasteiger partial charge in [-0.3, -0.25) is 0 Å². The normalized spacial score (nSPS) is 0. The standard InChI is InChI=1S/K.3Na.H2O.4H/h;;;;1H2;;;;/q4*+1;;4*-1. The third kappa shape index (κ3) is 17.7. The van der Waals surface area contributed by atoms with Crippen LogP contribution in [0.25, 0.3) is 0 Å². The van der Waals surface area contributed by atoms with E-state index in [9.17, 15) is 0 Å². The molecule has 0 saturated heterocycles. The van der Waals surface area contributed by atoms with Gasteiger partial charge in [0.15, 0.2) is 0 Å². The smallest absolute Gasteiger partial charge is 1.00 e. The zero-order chi connectivity index (χ0) is 0. The Morgan fingerprint density at radius 3 is 0.800 bits per heavy atom. The fourth-order valence-electron chi connectivity index (χ4n) is 0. The monoisotopic (exact) mass is 130 g/mol. The van der Waals surface area contributed by atoms with E-state index >= 15 is 0 Å². The van der Waals surface area contributed by atoms with Crippen LogP contribution < -0.4 is 140 Å². The molecule has 0 aliphatic heterocycles. The first-order chi connectivity index (χ1) is 0.